The van der Waals surface area contributed by atoms with Crippen molar-refractivity contribution in [2.24, 2.45) is 0 Å². The van der Waals surface area contributed by atoms with E-state index in [1.165, 1.54) is 32.1 Å². The van der Waals surface area contributed by atoms with Gasteiger partial charge in [-0.05, 0) is 53.9 Å². The van der Waals surface area contributed by atoms with Crippen LogP contribution in [0.3, 0.4) is 0 Å². The molecule has 0 unspecified atom stereocenters. The number of pyridine rings is 1. The Morgan fingerprint density at radius 2 is 2.11 bits per heavy atom. The lowest BCUT2D eigenvalue weighted by Crippen LogP contribution is -2.21. The number of aromatic nitrogens is 1. The molecule has 0 bridgehead atoms. The average Bonchev–Trinajstić information content (AvgIpc) is 2.46. The third-order valence-corrected chi connectivity index (χ3v) is 3.97. The first-order valence-electron chi connectivity index (χ1n) is 7.27. The topological polar surface area (TPSA) is 34.1 Å². The molecule has 0 aliphatic heterocycles. The molecule has 0 spiro atoms. The van der Waals surface area contributed by atoms with Gasteiger partial charge in [0.15, 0.2) is 0 Å². The number of nitrogens with zero attached hydrogens (tertiary/aromatic N) is 1. The Morgan fingerprint density at radius 1 is 1.26 bits per heavy atom. The molecule has 1 N–H and O–H groups in total. The fourth-order valence-electron chi connectivity index (χ4n) is 2.41. The first-order chi connectivity index (χ1) is 9.34. The summed E-state index contributed by atoms with van der Waals surface area (Å²) in [7, 11) is 0. The van der Waals surface area contributed by atoms with E-state index in [2.05, 4.69) is 26.2 Å². The van der Waals surface area contributed by atoms with Crippen molar-refractivity contribution in [3.05, 3.63) is 28.5 Å². The summed E-state index contributed by atoms with van der Waals surface area (Å²) in [5.74, 6) is 0. The zero-order chi connectivity index (χ0) is 13.3. The van der Waals surface area contributed by atoms with Crippen LogP contribution in [0, 0.1) is 0 Å². The van der Waals surface area contributed by atoms with Crippen LogP contribution in [0.1, 0.15) is 44.2 Å². The van der Waals surface area contributed by atoms with Gasteiger partial charge in [0.05, 0.1) is 11.8 Å². The van der Waals surface area contributed by atoms with Crippen molar-refractivity contribution < 1.29 is 4.74 Å². The van der Waals surface area contributed by atoms with Gasteiger partial charge in [0, 0.05) is 23.8 Å². The highest BCUT2D eigenvalue weighted by atomic mass is 79.9. The predicted octanol–water partition coefficient (Wildman–Crippen LogP) is 3.67. The van der Waals surface area contributed by atoms with E-state index in [1.807, 2.05) is 18.3 Å². The normalized spacial score (nSPS) is 16.7. The quantitative estimate of drug-likeness (QED) is 0.776. The van der Waals surface area contributed by atoms with Crippen LogP contribution in [-0.4, -0.2) is 24.2 Å². The fourth-order valence-corrected chi connectivity index (χ4v) is 2.64. The molecule has 4 heteroatoms. The summed E-state index contributed by atoms with van der Waals surface area (Å²) in [6.07, 6.45) is 10.0. The molecule has 19 heavy (non-hydrogen) atoms. The maximum atomic E-state index is 5.89. The Hall–Kier alpha value is -0.450. The monoisotopic (exact) mass is 326 g/mol. The van der Waals surface area contributed by atoms with E-state index in [0.717, 1.165) is 36.3 Å². The van der Waals surface area contributed by atoms with E-state index in [4.69, 9.17) is 4.74 Å². The van der Waals surface area contributed by atoms with Crippen LogP contribution >= 0.6 is 15.9 Å². The maximum Gasteiger partial charge on any atom is 0.0575 e. The molecule has 1 aliphatic rings. The third kappa shape index (κ3) is 6.02. The largest absolute Gasteiger partial charge is 0.378 e. The molecule has 106 valence electrons. The van der Waals surface area contributed by atoms with Gasteiger partial charge in [0.1, 0.15) is 0 Å². The lowest BCUT2D eigenvalue weighted by Gasteiger charge is -2.21. The molecular weight excluding hydrogens is 304 g/mol. The van der Waals surface area contributed by atoms with Gasteiger partial charge in [-0.3, -0.25) is 4.98 Å². The van der Waals surface area contributed by atoms with Crippen molar-refractivity contribution in [3.63, 3.8) is 0 Å². The summed E-state index contributed by atoms with van der Waals surface area (Å²) in [5.41, 5.74) is 1.08. The predicted molar refractivity (Wildman–Crippen MR) is 81.1 cm³/mol. The highest BCUT2D eigenvalue weighted by Gasteiger charge is 2.12. The van der Waals surface area contributed by atoms with Crippen LogP contribution < -0.4 is 5.32 Å². The highest BCUT2D eigenvalue weighted by Crippen LogP contribution is 2.20. The average molecular weight is 327 g/mol. The van der Waals surface area contributed by atoms with Crippen molar-refractivity contribution in [2.75, 3.05) is 13.2 Å². The first kappa shape index (κ1) is 14.9. The first-order valence-corrected chi connectivity index (χ1v) is 8.06. The van der Waals surface area contributed by atoms with Crippen LogP contribution in [0.4, 0.5) is 0 Å². The number of halogens is 1. The van der Waals surface area contributed by atoms with Gasteiger partial charge in [-0.25, -0.2) is 0 Å². The number of hydrogen-bond acceptors (Lipinski definition) is 3. The minimum atomic E-state index is 0.530. The van der Waals surface area contributed by atoms with E-state index < -0.39 is 0 Å². The van der Waals surface area contributed by atoms with Crippen molar-refractivity contribution in [3.8, 4) is 0 Å². The minimum Gasteiger partial charge on any atom is -0.378 e. The standard InChI is InChI=1S/C15H23BrN2O/c16-13-7-8-14(18-11-13)12-17-9-4-10-19-15-5-2-1-3-6-15/h7-8,11,15,17H,1-6,9-10,12H2. The van der Waals surface area contributed by atoms with Crippen LogP contribution in [-0.2, 0) is 11.3 Å². The second-order valence-corrected chi connectivity index (χ2v) is 6.04. The van der Waals surface area contributed by atoms with Gasteiger partial charge in [-0.1, -0.05) is 19.3 Å². The molecule has 0 radical (unpaired) electrons. The van der Waals surface area contributed by atoms with Crippen molar-refractivity contribution in [1.29, 1.82) is 0 Å². The molecule has 1 aromatic rings. The molecule has 1 heterocycles. The zero-order valence-electron chi connectivity index (χ0n) is 11.4. The number of nitrogens with one attached hydrogen (secondary N) is 1. The van der Waals surface area contributed by atoms with Gasteiger partial charge >= 0.3 is 0 Å². The lowest BCUT2D eigenvalue weighted by molar-refractivity contribution is 0.0273. The maximum absolute atomic E-state index is 5.89. The second kappa shape index (κ2) is 8.67. The van der Waals surface area contributed by atoms with E-state index in [9.17, 15) is 0 Å². The summed E-state index contributed by atoms with van der Waals surface area (Å²) < 4.78 is 6.91. The molecule has 1 aromatic heterocycles. The molecule has 1 fully saturated rings. The summed E-state index contributed by atoms with van der Waals surface area (Å²) >= 11 is 3.39. The molecule has 0 aromatic carbocycles. The van der Waals surface area contributed by atoms with Gasteiger partial charge in [-0.2, -0.15) is 0 Å². The van der Waals surface area contributed by atoms with Crippen LogP contribution in [0.2, 0.25) is 0 Å². The van der Waals surface area contributed by atoms with Gasteiger partial charge in [0.25, 0.3) is 0 Å². The summed E-state index contributed by atoms with van der Waals surface area (Å²) in [4.78, 5) is 4.33. The number of rotatable bonds is 7. The van der Waals surface area contributed by atoms with Gasteiger partial charge < -0.3 is 10.1 Å². The van der Waals surface area contributed by atoms with Gasteiger partial charge in [0.2, 0.25) is 0 Å². The molecule has 2 rings (SSSR count). The third-order valence-electron chi connectivity index (χ3n) is 3.50. The summed E-state index contributed by atoms with van der Waals surface area (Å²) in [6.45, 7) is 2.70. The van der Waals surface area contributed by atoms with Crippen LogP contribution in [0.5, 0.6) is 0 Å². The molecule has 0 atom stereocenters. The van der Waals surface area contributed by atoms with Crippen LogP contribution in [0.25, 0.3) is 0 Å². The Balaban J connectivity index is 1.49. The Kier molecular flexibility index (Phi) is 6.82. The molecular formula is C15H23BrN2O. The van der Waals surface area contributed by atoms with Crippen molar-refractivity contribution >= 4 is 15.9 Å². The fraction of sp³-hybridized carbons (Fsp3) is 0.667. The van der Waals surface area contributed by atoms with Crippen molar-refractivity contribution in [2.45, 2.75) is 51.2 Å². The zero-order valence-corrected chi connectivity index (χ0v) is 13.0. The molecule has 1 saturated carbocycles. The Morgan fingerprint density at radius 3 is 2.84 bits per heavy atom. The van der Waals surface area contributed by atoms with E-state index in [1.54, 1.807) is 0 Å². The van der Waals surface area contributed by atoms with E-state index in [0.29, 0.717) is 6.10 Å². The van der Waals surface area contributed by atoms with Crippen molar-refractivity contribution in [1.82, 2.24) is 10.3 Å². The Bertz CT molecular complexity index is 350. The van der Waals surface area contributed by atoms with Gasteiger partial charge in [-0.15, -0.1) is 0 Å². The second-order valence-electron chi connectivity index (χ2n) is 5.13. The number of hydrogen-bond donors (Lipinski definition) is 1. The highest BCUT2D eigenvalue weighted by molar-refractivity contribution is 9.10. The molecule has 3 nitrogen and oxygen atoms in total. The lowest BCUT2D eigenvalue weighted by atomic mass is 9.98. The summed E-state index contributed by atoms with van der Waals surface area (Å²) in [6, 6.07) is 4.06. The SMILES string of the molecule is Brc1ccc(CNCCCOC2CCCCC2)nc1. The van der Waals surface area contributed by atoms with E-state index in [-0.39, 0.29) is 0 Å². The smallest absolute Gasteiger partial charge is 0.0575 e. The molecule has 0 saturated heterocycles. The Labute approximate surface area is 124 Å². The molecule has 0 amide bonds. The van der Waals surface area contributed by atoms with Crippen LogP contribution in [0.15, 0.2) is 22.8 Å². The number of ether oxygens (including phenoxy) is 1. The van der Waals surface area contributed by atoms with E-state index >= 15 is 0 Å². The summed E-state index contributed by atoms with van der Waals surface area (Å²) in [5, 5.41) is 3.40. The minimum absolute atomic E-state index is 0.530. The molecule has 1 aliphatic carbocycles.